The van der Waals surface area contributed by atoms with Crippen LogP contribution in [-0.4, -0.2) is 45.1 Å². The Hall–Kier alpha value is -2.64. The van der Waals surface area contributed by atoms with E-state index >= 15 is 0 Å². The van der Waals surface area contributed by atoms with E-state index in [9.17, 15) is 4.79 Å². The summed E-state index contributed by atoms with van der Waals surface area (Å²) in [6, 6.07) is 4.14. The van der Waals surface area contributed by atoms with E-state index in [-0.39, 0.29) is 12.1 Å². The van der Waals surface area contributed by atoms with E-state index in [0.717, 1.165) is 55.2 Å². The van der Waals surface area contributed by atoms with Gasteiger partial charge in [0.2, 0.25) is 0 Å². The Morgan fingerprint density at radius 3 is 2.85 bits per heavy atom. The minimum Gasteiger partial charge on any atom is -0.353 e. The number of amides is 2. The Labute approximate surface area is 160 Å². The topological polar surface area (TPSA) is 88.0 Å². The molecule has 0 radical (unpaired) electrons. The Balaban J connectivity index is 1.57. The molecule has 8 nitrogen and oxygen atoms in total. The molecule has 1 saturated heterocycles. The number of hydrogen-bond donors (Lipinski definition) is 2. The van der Waals surface area contributed by atoms with Crippen molar-refractivity contribution >= 4 is 17.5 Å². The third kappa shape index (κ3) is 4.56. The van der Waals surface area contributed by atoms with Crippen LogP contribution in [0.25, 0.3) is 0 Å². The van der Waals surface area contributed by atoms with Gasteiger partial charge in [0.15, 0.2) is 5.82 Å². The Morgan fingerprint density at radius 2 is 2.15 bits per heavy atom. The van der Waals surface area contributed by atoms with Crippen molar-refractivity contribution in [1.29, 1.82) is 0 Å². The number of carbonyl (C=O) groups is 1. The van der Waals surface area contributed by atoms with Crippen molar-refractivity contribution in [3.63, 3.8) is 0 Å². The number of piperidine rings is 1. The predicted octanol–water partition coefficient (Wildman–Crippen LogP) is 3.05. The molecular weight excluding hydrogens is 342 g/mol. The van der Waals surface area contributed by atoms with Crippen LogP contribution in [0.15, 0.2) is 18.3 Å². The lowest BCUT2D eigenvalue weighted by molar-refractivity contribution is 0.246. The molecule has 1 fully saturated rings. The molecule has 0 saturated carbocycles. The minimum atomic E-state index is -0.191. The summed E-state index contributed by atoms with van der Waals surface area (Å²) in [5.74, 6) is 0.859. The highest BCUT2D eigenvalue weighted by Crippen LogP contribution is 2.20. The quantitative estimate of drug-likeness (QED) is 0.843. The second kappa shape index (κ2) is 8.37. The van der Waals surface area contributed by atoms with Gasteiger partial charge in [-0.25, -0.2) is 4.79 Å². The smallest absolute Gasteiger partial charge is 0.319 e. The molecule has 0 aromatic carbocycles. The van der Waals surface area contributed by atoms with Gasteiger partial charge in [-0.3, -0.25) is 4.68 Å². The number of urea groups is 1. The molecule has 0 bridgehead atoms. The molecule has 1 aliphatic rings. The van der Waals surface area contributed by atoms with Crippen LogP contribution < -0.4 is 15.5 Å². The lowest BCUT2D eigenvalue weighted by Crippen LogP contribution is -2.49. The molecule has 2 aromatic rings. The molecule has 27 heavy (non-hydrogen) atoms. The first kappa shape index (κ1) is 19.1. The van der Waals surface area contributed by atoms with E-state index in [1.54, 1.807) is 6.20 Å². The summed E-state index contributed by atoms with van der Waals surface area (Å²) in [5, 5.41) is 18.8. The Morgan fingerprint density at radius 1 is 1.33 bits per heavy atom. The fourth-order valence-electron chi connectivity index (χ4n) is 3.37. The minimum absolute atomic E-state index is 0.0757. The van der Waals surface area contributed by atoms with Crippen LogP contribution in [0.4, 0.5) is 16.3 Å². The average Bonchev–Trinajstić information content (AvgIpc) is 3.02. The molecule has 2 N–H and O–H groups in total. The molecule has 8 heteroatoms. The molecule has 2 amide bonds. The molecule has 3 rings (SSSR count). The van der Waals surface area contributed by atoms with E-state index in [2.05, 4.69) is 44.7 Å². The van der Waals surface area contributed by atoms with Gasteiger partial charge in [-0.2, -0.15) is 10.2 Å². The van der Waals surface area contributed by atoms with E-state index in [0.29, 0.717) is 6.04 Å². The number of rotatable bonds is 5. The van der Waals surface area contributed by atoms with Crippen molar-refractivity contribution in [2.75, 3.05) is 23.3 Å². The summed E-state index contributed by atoms with van der Waals surface area (Å²) in [6.45, 7) is 9.81. The predicted molar refractivity (Wildman–Crippen MR) is 106 cm³/mol. The normalized spacial score (nSPS) is 18.2. The molecule has 146 valence electrons. The highest BCUT2D eigenvalue weighted by Gasteiger charge is 2.23. The van der Waals surface area contributed by atoms with E-state index in [1.165, 1.54) is 0 Å². The van der Waals surface area contributed by atoms with Gasteiger partial charge in [-0.05, 0) is 52.2 Å². The van der Waals surface area contributed by atoms with Gasteiger partial charge in [0, 0.05) is 25.2 Å². The first-order chi connectivity index (χ1) is 13.0. The second-order valence-electron chi connectivity index (χ2n) is 7.26. The van der Waals surface area contributed by atoms with E-state index in [4.69, 9.17) is 0 Å². The highest BCUT2D eigenvalue weighted by atomic mass is 16.2. The molecule has 2 aromatic heterocycles. The van der Waals surface area contributed by atoms with Gasteiger partial charge in [0.1, 0.15) is 0 Å². The summed E-state index contributed by atoms with van der Waals surface area (Å²) in [6.07, 6.45) is 4.67. The van der Waals surface area contributed by atoms with Gasteiger partial charge in [0.25, 0.3) is 0 Å². The first-order valence-electron chi connectivity index (χ1n) is 9.64. The maximum absolute atomic E-state index is 12.5. The summed E-state index contributed by atoms with van der Waals surface area (Å²) < 4.78 is 1.95. The molecule has 3 heterocycles. The number of aryl methyl sites for hydroxylation is 1. The molecule has 1 aliphatic heterocycles. The summed E-state index contributed by atoms with van der Waals surface area (Å²) >= 11 is 0. The van der Waals surface area contributed by atoms with E-state index in [1.807, 2.05) is 30.7 Å². The van der Waals surface area contributed by atoms with Crippen molar-refractivity contribution in [3.05, 3.63) is 29.7 Å². The molecule has 0 spiro atoms. The van der Waals surface area contributed by atoms with Crippen LogP contribution in [-0.2, 0) is 0 Å². The average molecular weight is 371 g/mol. The summed E-state index contributed by atoms with van der Waals surface area (Å²) in [4.78, 5) is 14.6. The number of carbonyl (C=O) groups excluding carboxylic acids is 1. The van der Waals surface area contributed by atoms with Crippen LogP contribution in [0.2, 0.25) is 0 Å². The number of hydrogen-bond acceptors (Lipinski definition) is 5. The lowest BCUT2D eigenvalue weighted by atomic mass is 10.1. The van der Waals surface area contributed by atoms with Crippen molar-refractivity contribution in [2.24, 2.45) is 0 Å². The van der Waals surface area contributed by atoms with Gasteiger partial charge < -0.3 is 15.5 Å². The largest absolute Gasteiger partial charge is 0.353 e. The van der Waals surface area contributed by atoms with Crippen molar-refractivity contribution in [2.45, 2.75) is 59.0 Å². The van der Waals surface area contributed by atoms with Gasteiger partial charge in [-0.1, -0.05) is 6.92 Å². The fraction of sp³-hybridized carbons (Fsp3) is 0.579. The molecule has 2 atom stereocenters. The van der Waals surface area contributed by atoms with Crippen LogP contribution in [0.1, 0.15) is 50.5 Å². The van der Waals surface area contributed by atoms with Crippen LogP contribution in [0.5, 0.6) is 0 Å². The zero-order valence-corrected chi connectivity index (χ0v) is 16.6. The Kier molecular flexibility index (Phi) is 5.93. The van der Waals surface area contributed by atoms with Crippen LogP contribution >= 0.6 is 0 Å². The molecular formula is C19H29N7O. The van der Waals surface area contributed by atoms with Gasteiger partial charge in [-0.15, -0.1) is 5.10 Å². The Bertz CT molecular complexity index is 771. The maximum atomic E-state index is 12.5. The number of anilines is 2. The van der Waals surface area contributed by atoms with Crippen molar-refractivity contribution in [1.82, 2.24) is 25.3 Å². The summed E-state index contributed by atoms with van der Waals surface area (Å²) in [7, 11) is 0. The fourth-order valence-corrected chi connectivity index (χ4v) is 3.37. The van der Waals surface area contributed by atoms with Crippen LogP contribution in [0.3, 0.4) is 0 Å². The second-order valence-corrected chi connectivity index (χ2v) is 7.26. The number of nitrogens with zero attached hydrogens (tertiary/aromatic N) is 5. The van der Waals surface area contributed by atoms with Crippen molar-refractivity contribution in [3.8, 4) is 0 Å². The van der Waals surface area contributed by atoms with Crippen molar-refractivity contribution < 1.29 is 4.79 Å². The third-order valence-electron chi connectivity index (χ3n) is 5.17. The van der Waals surface area contributed by atoms with Crippen LogP contribution in [0, 0.1) is 13.8 Å². The highest BCUT2D eigenvalue weighted by molar-refractivity contribution is 5.89. The zero-order valence-electron chi connectivity index (χ0n) is 16.6. The molecule has 0 aliphatic carbocycles. The lowest BCUT2D eigenvalue weighted by Gasteiger charge is -2.33. The standard InChI is InChI=1S/C19H29N7O/c1-5-14(3)26-15(4)17(11-20-26)22-19(27)21-16-7-6-10-25(12-16)18-9-8-13(2)23-24-18/h8-9,11,14,16H,5-7,10,12H2,1-4H3,(H2,21,22,27). The zero-order chi connectivity index (χ0) is 19.4. The number of nitrogens with one attached hydrogen (secondary N) is 2. The maximum Gasteiger partial charge on any atom is 0.319 e. The van der Waals surface area contributed by atoms with Gasteiger partial charge >= 0.3 is 6.03 Å². The van der Waals surface area contributed by atoms with Gasteiger partial charge in [0.05, 0.1) is 23.3 Å². The SMILES string of the molecule is CCC(C)n1ncc(NC(=O)NC2CCCN(c3ccc(C)nn3)C2)c1C. The number of aromatic nitrogens is 4. The first-order valence-corrected chi connectivity index (χ1v) is 9.64. The summed E-state index contributed by atoms with van der Waals surface area (Å²) in [5.41, 5.74) is 2.63. The molecule has 2 unspecified atom stereocenters. The van der Waals surface area contributed by atoms with E-state index < -0.39 is 0 Å². The third-order valence-corrected chi connectivity index (χ3v) is 5.17. The monoisotopic (exact) mass is 371 g/mol.